The Bertz CT molecular complexity index is 1030. The smallest absolute Gasteiger partial charge is 0.337 e. The van der Waals surface area contributed by atoms with Crippen LogP contribution in [0.1, 0.15) is 21.6 Å². The number of azo groups is 1. The molecule has 0 spiro atoms. The maximum atomic E-state index is 12.6. The van der Waals surface area contributed by atoms with E-state index in [0.29, 0.717) is 5.69 Å². The molecule has 7 heteroatoms. The summed E-state index contributed by atoms with van der Waals surface area (Å²) in [6.45, 7) is 3.62. The standard InChI is InChI=1S/C18H16N4O3/c1-11-7-3-6-10-15(11)22-17(23)16(12(2)21-22)20-19-14-9-5-4-8-13(14)18(24)25/h3-10,21H,1-2H3,(H,24,25). The third kappa shape index (κ3) is 3.12. The number of aryl methyl sites for hydroxylation is 2. The first-order chi connectivity index (χ1) is 12.0. The first-order valence-corrected chi connectivity index (χ1v) is 7.60. The van der Waals surface area contributed by atoms with Gasteiger partial charge in [-0.15, -0.1) is 10.2 Å². The second-order valence-electron chi connectivity index (χ2n) is 5.53. The van der Waals surface area contributed by atoms with Gasteiger partial charge in [0.15, 0.2) is 5.69 Å². The van der Waals surface area contributed by atoms with Gasteiger partial charge in [-0.05, 0) is 37.6 Å². The van der Waals surface area contributed by atoms with Gasteiger partial charge in [0.2, 0.25) is 0 Å². The molecular weight excluding hydrogens is 320 g/mol. The van der Waals surface area contributed by atoms with Crippen LogP contribution in [0.25, 0.3) is 5.69 Å². The molecule has 0 aliphatic heterocycles. The highest BCUT2D eigenvalue weighted by Crippen LogP contribution is 2.23. The predicted octanol–water partition coefficient (Wildman–Crippen LogP) is 3.90. The molecule has 0 radical (unpaired) electrons. The monoisotopic (exact) mass is 336 g/mol. The van der Waals surface area contributed by atoms with Gasteiger partial charge in [0.1, 0.15) is 5.69 Å². The number of aromatic carboxylic acids is 1. The highest BCUT2D eigenvalue weighted by atomic mass is 16.4. The Morgan fingerprint density at radius 2 is 1.72 bits per heavy atom. The van der Waals surface area contributed by atoms with Crippen LogP contribution in [0.5, 0.6) is 0 Å². The number of benzene rings is 2. The van der Waals surface area contributed by atoms with Gasteiger partial charge >= 0.3 is 5.97 Å². The number of hydrogen-bond donors (Lipinski definition) is 2. The van der Waals surface area contributed by atoms with Crippen molar-refractivity contribution in [3.05, 3.63) is 75.7 Å². The minimum absolute atomic E-state index is 0.0265. The second kappa shape index (κ2) is 6.56. The predicted molar refractivity (Wildman–Crippen MR) is 93.4 cm³/mol. The zero-order valence-electron chi connectivity index (χ0n) is 13.7. The molecule has 0 aliphatic carbocycles. The highest BCUT2D eigenvalue weighted by Gasteiger charge is 2.14. The Kier molecular flexibility index (Phi) is 4.30. The van der Waals surface area contributed by atoms with Gasteiger partial charge in [-0.1, -0.05) is 30.3 Å². The average molecular weight is 336 g/mol. The van der Waals surface area contributed by atoms with Crippen LogP contribution in [-0.2, 0) is 0 Å². The lowest BCUT2D eigenvalue weighted by atomic mass is 10.2. The Labute approximate surface area is 143 Å². The van der Waals surface area contributed by atoms with Gasteiger partial charge in [0, 0.05) is 0 Å². The summed E-state index contributed by atoms with van der Waals surface area (Å²) in [7, 11) is 0. The van der Waals surface area contributed by atoms with Crippen molar-refractivity contribution in [2.75, 3.05) is 0 Å². The molecule has 25 heavy (non-hydrogen) atoms. The van der Waals surface area contributed by atoms with Crippen molar-refractivity contribution in [2.24, 2.45) is 10.2 Å². The summed E-state index contributed by atoms with van der Waals surface area (Å²) in [6.07, 6.45) is 0. The molecule has 0 unspecified atom stereocenters. The van der Waals surface area contributed by atoms with Crippen molar-refractivity contribution in [2.45, 2.75) is 13.8 Å². The maximum Gasteiger partial charge on any atom is 0.337 e. The van der Waals surface area contributed by atoms with E-state index in [1.807, 2.05) is 31.2 Å². The van der Waals surface area contributed by atoms with Crippen molar-refractivity contribution in [3.63, 3.8) is 0 Å². The molecule has 0 saturated carbocycles. The van der Waals surface area contributed by atoms with E-state index < -0.39 is 5.97 Å². The first kappa shape index (κ1) is 16.4. The number of nitrogens with one attached hydrogen (secondary N) is 1. The summed E-state index contributed by atoms with van der Waals surface area (Å²) in [5.41, 5.74) is 2.22. The first-order valence-electron chi connectivity index (χ1n) is 7.60. The molecule has 1 heterocycles. The number of aromatic nitrogens is 2. The molecule has 0 atom stereocenters. The van der Waals surface area contributed by atoms with Crippen molar-refractivity contribution in [1.29, 1.82) is 0 Å². The Morgan fingerprint density at radius 1 is 1.04 bits per heavy atom. The molecule has 7 nitrogen and oxygen atoms in total. The molecule has 1 aromatic heterocycles. The lowest BCUT2D eigenvalue weighted by Gasteiger charge is -2.04. The van der Waals surface area contributed by atoms with Crippen LogP contribution in [0.2, 0.25) is 0 Å². The van der Waals surface area contributed by atoms with Gasteiger partial charge < -0.3 is 5.11 Å². The van der Waals surface area contributed by atoms with Gasteiger partial charge in [-0.2, -0.15) is 0 Å². The average Bonchev–Trinajstić information content (AvgIpc) is 2.88. The minimum Gasteiger partial charge on any atom is -0.478 e. The SMILES string of the molecule is Cc1ccccc1-n1[nH]c(C)c(N=Nc2ccccc2C(=O)O)c1=O. The van der Waals surface area contributed by atoms with Gasteiger partial charge in [0.25, 0.3) is 5.56 Å². The van der Waals surface area contributed by atoms with Crippen LogP contribution in [0, 0.1) is 13.8 Å². The number of carbonyl (C=O) groups is 1. The van der Waals surface area contributed by atoms with Crippen molar-refractivity contribution < 1.29 is 9.90 Å². The number of H-pyrrole nitrogens is 1. The summed E-state index contributed by atoms with van der Waals surface area (Å²) in [5.74, 6) is -1.10. The van der Waals surface area contributed by atoms with E-state index in [2.05, 4.69) is 15.3 Å². The number of nitrogens with zero attached hydrogens (tertiary/aromatic N) is 3. The van der Waals surface area contributed by atoms with Crippen molar-refractivity contribution in [3.8, 4) is 5.69 Å². The molecule has 3 aromatic rings. The Balaban J connectivity index is 2.05. The summed E-state index contributed by atoms with van der Waals surface area (Å²) < 4.78 is 1.40. The fraction of sp³-hybridized carbons (Fsp3) is 0.111. The molecule has 3 rings (SSSR count). The molecule has 2 N–H and O–H groups in total. The normalized spacial score (nSPS) is 11.1. The zero-order chi connectivity index (χ0) is 18.0. The van der Waals surface area contributed by atoms with E-state index in [9.17, 15) is 14.7 Å². The molecule has 126 valence electrons. The van der Waals surface area contributed by atoms with Crippen LogP contribution >= 0.6 is 0 Å². The molecule has 0 aliphatic rings. The van der Waals surface area contributed by atoms with Crippen LogP contribution in [0.3, 0.4) is 0 Å². The summed E-state index contributed by atoms with van der Waals surface area (Å²) in [5, 5.41) is 20.1. The number of hydrogen-bond acceptors (Lipinski definition) is 4. The molecular formula is C18H16N4O3. The van der Waals surface area contributed by atoms with E-state index in [1.54, 1.807) is 19.1 Å². The molecule has 0 fully saturated rings. The van der Waals surface area contributed by atoms with E-state index in [4.69, 9.17) is 0 Å². The van der Waals surface area contributed by atoms with E-state index >= 15 is 0 Å². The maximum absolute atomic E-state index is 12.6. The van der Waals surface area contributed by atoms with Gasteiger partial charge in [-0.3, -0.25) is 9.89 Å². The molecule has 2 aromatic carbocycles. The van der Waals surface area contributed by atoms with Gasteiger partial charge in [-0.25, -0.2) is 9.48 Å². The number of carboxylic acid groups (broad SMARTS) is 1. The lowest BCUT2D eigenvalue weighted by molar-refractivity contribution is 0.0697. The second-order valence-corrected chi connectivity index (χ2v) is 5.53. The van der Waals surface area contributed by atoms with Gasteiger partial charge in [0.05, 0.1) is 16.9 Å². The topological polar surface area (TPSA) is 99.8 Å². The fourth-order valence-electron chi connectivity index (χ4n) is 2.48. The largest absolute Gasteiger partial charge is 0.478 e. The Hall–Kier alpha value is -3.48. The van der Waals surface area contributed by atoms with E-state index in [1.165, 1.54) is 16.8 Å². The van der Waals surface area contributed by atoms with Crippen molar-refractivity contribution in [1.82, 2.24) is 9.78 Å². The quantitative estimate of drug-likeness (QED) is 0.707. The third-order valence-corrected chi connectivity index (χ3v) is 3.79. The molecule has 0 amide bonds. The van der Waals surface area contributed by atoms with Crippen LogP contribution in [0.15, 0.2) is 63.6 Å². The fourth-order valence-corrected chi connectivity index (χ4v) is 2.48. The van der Waals surface area contributed by atoms with E-state index in [0.717, 1.165) is 11.3 Å². The number of para-hydroxylation sites is 1. The van der Waals surface area contributed by atoms with Crippen LogP contribution in [-0.4, -0.2) is 20.9 Å². The number of carboxylic acids is 1. The number of rotatable bonds is 4. The Morgan fingerprint density at radius 3 is 2.44 bits per heavy atom. The molecule has 0 saturated heterocycles. The highest BCUT2D eigenvalue weighted by molar-refractivity contribution is 5.93. The van der Waals surface area contributed by atoms with Crippen molar-refractivity contribution >= 4 is 17.3 Å². The zero-order valence-corrected chi connectivity index (χ0v) is 13.7. The summed E-state index contributed by atoms with van der Waals surface area (Å²) >= 11 is 0. The molecule has 0 bridgehead atoms. The van der Waals surface area contributed by atoms with E-state index in [-0.39, 0.29) is 22.5 Å². The number of aromatic amines is 1. The van der Waals surface area contributed by atoms with Crippen LogP contribution in [0.4, 0.5) is 11.4 Å². The minimum atomic E-state index is -1.10. The van der Waals surface area contributed by atoms with Crippen LogP contribution < -0.4 is 5.56 Å². The summed E-state index contributed by atoms with van der Waals surface area (Å²) in [6, 6.07) is 13.7. The summed E-state index contributed by atoms with van der Waals surface area (Å²) in [4.78, 5) is 23.9. The third-order valence-electron chi connectivity index (χ3n) is 3.79. The lowest BCUT2D eigenvalue weighted by Crippen LogP contribution is -2.15.